The first kappa shape index (κ1) is 18.4. The summed E-state index contributed by atoms with van der Waals surface area (Å²) in [4.78, 5) is 33.0. The summed E-state index contributed by atoms with van der Waals surface area (Å²) < 4.78 is 0. The molecule has 0 radical (unpaired) electrons. The molecule has 1 N–H and O–H groups in total. The number of aromatic nitrogens is 1. The number of anilines is 1. The maximum absolute atomic E-state index is 12.7. The van der Waals surface area contributed by atoms with Crippen LogP contribution >= 0.6 is 11.3 Å². The molecule has 1 aromatic rings. The quantitative estimate of drug-likeness (QED) is 0.875. The third kappa shape index (κ3) is 4.22. The lowest BCUT2D eigenvalue weighted by Crippen LogP contribution is -2.47. The Morgan fingerprint density at radius 2 is 2.04 bits per heavy atom. The molecule has 138 valence electrons. The number of likely N-dealkylation sites (tertiary alicyclic amines) is 1. The minimum Gasteiger partial charge on any atom is -0.341 e. The highest BCUT2D eigenvalue weighted by Crippen LogP contribution is 2.32. The fourth-order valence-electron chi connectivity index (χ4n) is 3.65. The van der Waals surface area contributed by atoms with Crippen LogP contribution in [0, 0.1) is 17.3 Å². The third-order valence-electron chi connectivity index (χ3n) is 5.14. The van der Waals surface area contributed by atoms with Crippen LogP contribution in [0.1, 0.15) is 57.5 Å². The normalized spacial score (nSPS) is 23.9. The van der Waals surface area contributed by atoms with E-state index in [1.54, 1.807) is 11.3 Å². The van der Waals surface area contributed by atoms with Crippen LogP contribution < -0.4 is 5.32 Å². The van der Waals surface area contributed by atoms with Gasteiger partial charge in [-0.1, -0.05) is 27.7 Å². The summed E-state index contributed by atoms with van der Waals surface area (Å²) in [6.07, 6.45) is 4.98. The van der Waals surface area contributed by atoms with Crippen molar-refractivity contribution in [3.8, 4) is 0 Å². The van der Waals surface area contributed by atoms with E-state index in [1.165, 1.54) is 11.3 Å². The Morgan fingerprint density at radius 3 is 2.76 bits per heavy atom. The Bertz CT molecular complexity index is 662. The van der Waals surface area contributed by atoms with E-state index in [0.717, 1.165) is 43.1 Å². The number of hydrogen-bond donors (Lipinski definition) is 1. The molecule has 0 aromatic carbocycles. The highest BCUT2D eigenvalue weighted by Gasteiger charge is 2.33. The van der Waals surface area contributed by atoms with Crippen molar-refractivity contribution < 1.29 is 9.59 Å². The van der Waals surface area contributed by atoms with E-state index >= 15 is 0 Å². The molecular weight excluding hydrogens is 334 g/mol. The van der Waals surface area contributed by atoms with E-state index in [4.69, 9.17) is 0 Å². The molecule has 2 amide bonds. The van der Waals surface area contributed by atoms with Crippen LogP contribution in [0.2, 0.25) is 0 Å². The molecule has 5 nitrogen and oxygen atoms in total. The van der Waals surface area contributed by atoms with Crippen LogP contribution in [0.4, 0.5) is 5.13 Å². The second-order valence-electron chi connectivity index (χ2n) is 8.57. The van der Waals surface area contributed by atoms with Gasteiger partial charge in [0, 0.05) is 23.4 Å². The number of carbonyl (C=O) groups excluding carboxylic acids is 2. The molecule has 2 heterocycles. The molecule has 0 spiro atoms. The van der Waals surface area contributed by atoms with Gasteiger partial charge >= 0.3 is 0 Å². The van der Waals surface area contributed by atoms with Crippen molar-refractivity contribution in [2.75, 3.05) is 18.4 Å². The zero-order valence-corrected chi connectivity index (χ0v) is 16.5. The number of rotatable bonds is 2. The first-order chi connectivity index (χ1) is 11.7. The lowest BCUT2D eigenvalue weighted by Gasteiger charge is -2.35. The summed E-state index contributed by atoms with van der Waals surface area (Å²) in [6, 6.07) is 0. The first-order valence-corrected chi connectivity index (χ1v) is 10.1. The Balaban J connectivity index is 1.62. The van der Waals surface area contributed by atoms with Crippen molar-refractivity contribution in [3.63, 3.8) is 0 Å². The van der Waals surface area contributed by atoms with Crippen LogP contribution in [0.25, 0.3) is 0 Å². The number of thiazole rings is 1. The first-order valence-electron chi connectivity index (χ1n) is 9.33. The van der Waals surface area contributed by atoms with E-state index < -0.39 is 5.41 Å². The molecule has 2 aliphatic rings. The number of hydrogen-bond acceptors (Lipinski definition) is 4. The average Bonchev–Trinajstić information content (AvgIpc) is 2.94. The summed E-state index contributed by atoms with van der Waals surface area (Å²) >= 11 is 1.62. The third-order valence-corrected chi connectivity index (χ3v) is 6.17. The molecule has 1 aliphatic carbocycles. The largest absolute Gasteiger partial charge is 0.341 e. The fraction of sp³-hybridized carbons (Fsp3) is 0.737. The minimum atomic E-state index is -0.399. The fourth-order valence-corrected chi connectivity index (χ4v) is 4.82. The van der Waals surface area contributed by atoms with Crippen LogP contribution in [-0.4, -0.2) is 34.8 Å². The minimum absolute atomic E-state index is 0.00514. The van der Waals surface area contributed by atoms with Crippen LogP contribution in [0.3, 0.4) is 0 Å². The summed E-state index contributed by atoms with van der Waals surface area (Å²) in [5.74, 6) is 0.695. The van der Waals surface area contributed by atoms with E-state index in [0.29, 0.717) is 12.5 Å². The lowest BCUT2D eigenvalue weighted by atomic mass is 9.91. The van der Waals surface area contributed by atoms with Gasteiger partial charge in [-0.05, 0) is 38.0 Å². The van der Waals surface area contributed by atoms with E-state index in [1.807, 2.05) is 25.7 Å². The van der Waals surface area contributed by atoms with Crippen molar-refractivity contribution in [2.45, 2.75) is 59.8 Å². The van der Waals surface area contributed by atoms with Crippen molar-refractivity contribution in [2.24, 2.45) is 17.3 Å². The van der Waals surface area contributed by atoms with Gasteiger partial charge in [0.15, 0.2) is 5.13 Å². The van der Waals surface area contributed by atoms with Gasteiger partial charge in [0.2, 0.25) is 11.8 Å². The SMILES string of the molecule is CC1CCc2nc(NC(=O)C3CCCN(C(=O)C(C)(C)C)C3)sc2C1. The summed E-state index contributed by atoms with van der Waals surface area (Å²) in [5, 5.41) is 3.74. The molecule has 6 heteroatoms. The van der Waals surface area contributed by atoms with Crippen molar-refractivity contribution in [1.82, 2.24) is 9.88 Å². The highest BCUT2D eigenvalue weighted by molar-refractivity contribution is 7.15. The van der Waals surface area contributed by atoms with Gasteiger partial charge in [-0.25, -0.2) is 4.98 Å². The molecule has 3 rings (SSSR count). The number of nitrogens with one attached hydrogen (secondary N) is 1. The summed E-state index contributed by atoms with van der Waals surface area (Å²) in [5.41, 5.74) is 0.759. The topological polar surface area (TPSA) is 62.3 Å². The molecule has 2 atom stereocenters. The molecule has 1 fully saturated rings. The van der Waals surface area contributed by atoms with E-state index in [2.05, 4.69) is 17.2 Å². The molecule has 25 heavy (non-hydrogen) atoms. The second kappa shape index (κ2) is 7.06. The smallest absolute Gasteiger partial charge is 0.231 e. The number of nitrogens with zero attached hydrogens (tertiary/aromatic N) is 2. The maximum Gasteiger partial charge on any atom is 0.231 e. The number of amides is 2. The molecule has 1 saturated heterocycles. The molecule has 2 unspecified atom stereocenters. The average molecular weight is 364 g/mol. The Kier molecular flexibility index (Phi) is 5.19. The zero-order chi connectivity index (χ0) is 18.2. The van der Waals surface area contributed by atoms with Gasteiger partial charge in [-0.2, -0.15) is 0 Å². The predicted molar refractivity (Wildman–Crippen MR) is 101 cm³/mol. The Labute approximate surface area is 154 Å². The maximum atomic E-state index is 12.7. The summed E-state index contributed by atoms with van der Waals surface area (Å²) in [7, 11) is 0. The molecule has 0 saturated carbocycles. The predicted octanol–water partition coefficient (Wildman–Crippen LogP) is 3.49. The standard InChI is InChI=1S/C19H29N3O2S/c1-12-7-8-14-15(10-12)25-18(20-14)21-16(23)13-6-5-9-22(11-13)17(24)19(2,3)4/h12-13H,5-11H2,1-4H3,(H,20,21,23). The lowest BCUT2D eigenvalue weighted by molar-refractivity contribution is -0.142. The van der Waals surface area contributed by atoms with Gasteiger partial charge < -0.3 is 10.2 Å². The van der Waals surface area contributed by atoms with Crippen molar-refractivity contribution in [3.05, 3.63) is 10.6 Å². The van der Waals surface area contributed by atoms with Crippen molar-refractivity contribution >= 4 is 28.3 Å². The van der Waals surface area contributed by atoms with E-state index in [-0.39, 0.29) is 17.7 Å². The Hall–Kier alpha value is -1.43. The monoisotopic (exact) mass is 363 g/mol. The van der Waals surface area contributed by atoms with Crippen LogP contribution in [0.5, 0.6) is 0 Å². The van der Waals surface area contributed by atoms with Gasteiger partial charge in [0.25, 0.3) is 0 Å². The number of piperidine rings is 1. The summed E-state index contributed by atoms with van der Waals surface area (Å²) in [6.45, 7) is 9.33. The Morgan fingerprint density at radius 1 is 1.28 bits per heavy atom. The van der Waals surface area contributed by atoms with Gasteiger partial charge in [-0.3, -0.25) is 9.59 Å². The van der Waals surface area contributed by atoms with Gasteiger partial charge in [0.1, 0.15) is 0 Å². The van der Waals surface area contributed by atoms with Gasteiger partial charge in [0.05, 0.1) is 11.6 Å². The highest BCUT2D eigenvalue weighted by atomic mass is 32.1. The molecular formula is C19H29N3O2S. The number of carbonyl (C=O) groups is 2. The van der Waals surface area contributed by atoms with Gasteiger partial charge in [-0.15, -0.1) is 11.3 Å². The van der Waals surface area contributed by atoms with Crippen LogP contribution in [0.15, 0.2) is 0 Å². The van der Waals surface area contributed by atoms with E-state index in [9.17, 15) is 9.59 Å². The van der Waals surface area contributed by atoms with Crippen molar-refractivity contribution in [1.29, 1.82) is 0 Å². The number of aryl methyl sites for hydroxylation is 1. The molecule has 1 aliphatic heterocycles. The number of fused-ring (bicyclic) bond motifs is 1. The molecule has 1 aromatic heterocycles. The zero-order valence-electron chi connectivity index (χ0n) is 15.7. The molecule has 0 bridgehead atoms. The second-order valence-corrected chi connectivity index (χ2v) is 9.65. The van der Waals surface area contributed by atoms with Crippen LogP contribution in [-0.2, 0) is 22.4 Å².